The number of carboxylic acid groups (broad SMARTS) is 1. The number of rotatable bonds is 4. The van der Waals surface area contributed by atoms with Crippen LogP contribution in [0.25, 0.3) is 0 Å². The molecular formula is C8H10NO4. The molecule has 1 radical (unpaired) electrons. The highest BCUT2D eigenvalue weighted by Crippen LogP contribution is 2.11. The Bertz CT molecular complexity index is 233. The van der Waals surface area contributed by atoms with E-state index in [2.05, 4.69) is 0 Å². The third-order valence-electron chi connectivity index (χ3n) is 1.79. The van der Waals surface area contributed by atoms with Gasteiger partial charge in [-0.15, -0.1) is 0 Å². The van der Waals surface area contributed by atoms with E-state index in [1.54, 1.807) is 0 Å². The van der Waals surface area contributed by atoms with Gasteiger partial charge in [-0.25, -0.2) is 0 Å². The number of likely N-dealkylation sites (tertiary alicyclic amines) is 1. The van der Waals surface area contributed by atoms with Crippen LogP contribution in [-0.4, -0.2) is 34.3 Å². The first kappa shape index (κ1) is 9.70. The number of aliphatic carboxylic acids is 1. The van der Waals surface area contributed by atoms with E-state index in [-0.39, 0.29) is 31.2 Å². The number of carbonyl (C=O) groups is 3. The SMILES string of the molecule is O=C(O)CCCN1C(=O)[CH]CC1=O. The van der Waals surface area contributed by atoms with Crippen LogP contribution in [0.3, 0.4) is 0 Å². The highest BCUT2D eigenvalue weighted by atomic mass is 16.4. The maximum atomic E-state index is 11.0. The summed E-state index contributed by atoms with van der Waals surface area (Å²) >= 11 is 0. The van der Waals surface area contributed by atoms with Crippen LogP contribution in [0.4, 0.5) is 0 Å². The second-order valence-electron chi connectivity index (χ2n) is 2.79. The van der Waals surface area contributed by atoms with Crippen molar-refractivity contribution in [1.29, 1.82) is 0 Å². The Labute approximate surface area is 75.3 Å². The number of imide groups is 1. The van der Waals surface area contributed by atoms with Crippen molar-refractivity contribution in [3.8, 4) is 0 Å². The predicted octanol–water partition coefficient (Wildman–Crippen LogP) is -0.186. The second-order valence-corrected chi connectivity index (χ2v) is 2.79. The maximum Gasteiger partial charge on any atom is 0.303 e. The summed E-state index contributed by atoms with van der Waals surface area (Å²) in [7, 11) is 0. The van der Waals surface area contributed by atoms with Crippen molar-refractivity contribution in [3.05, 3.63) is 6.42 Å². The molecule has 5 nitrogen and oxygen atoms in total. The summed E-state index contributed by atoms with van der Waals surface area (Å²) in [6.45, 7) is 0.209. The largest absolute Gasteiger partial charge is 0.481 e. The van der Waals surface area contributed by atoms with Crippen LogP contribution in [0.2, 0.25) is 0 Å². The van der Waals surface area contributed by atoms with Gasteiger partial charge in [-0.05, 0) is 6.42 Å². The average Bonchev–Trinajstić information content (AvgIpc) is 2.34. The van der Waals surface area contributed by atoms with Crippen molar-refractivity contribution in [3.63, 3.8) is 0 Å². The summed E-state index contributed by atoms with van der Waals surface area (Å²) in [5, 5.41) is 8.32. The number of nitrogens with zero attached hydrogens (tertiary/aromatic N) is 1. The van der Waals surface area contributed by atoms with Gasteiger partial charge in [-0.3, -0.25) is 19.3 Å². The van der Waals surface area contributed by atoms with Gasteiger partial charge in [-0.1, -0.05) is 0 Å². The van der Waals surface area contributed by atoms with Gasteiger partial charge in [0.05, 0.1) is 6.42 Å². The second kappa shape index (κ2) is 4.02. The van der Waals surface area contributed by atoms with Gasteiger partial charge in [0.2, 0.25) is 11.8 Å². The van der Waals surface area contributed by atoms with Crippen LogP contribution in [0, 0.1) is 6.42 Å². The lowest BCUT2D eigenvalue weighted by molar-refractivity contribution is -0.140. The van der Waals surface area contributed by atoms with Crippen LogP contribution in [0.5, 0.6) is 0 Å². The van der Waals surface area contributed by atoms with Crippen molar-refractivity contribution in [2.45, 2.75) is 19.3 Å². The fraction of sp³-hybridized carbons (Fsp3) is 0.500. The van der Waals surface area contributed by atoms with Crippen molar-refractivity contribution in [1.82, 2.24) is 4.90 Å². The summed E-state index contributed by atoms with van der Waals surface area (Å²) < 4.78 is 0. The monoisotopic (exact) mass is 184 g/mol. The van der Waals surface area contributed by atoms with Crippen molar-refractivity contribution >= 4 is 17.8 Å². The summed E-state index contributed by atoms with van der Waals surface area (Å²) in [5.41, 5.74) is 0. The molecule has 0 spiro atoms. The molecule has 13 heavy (non-hydrogen) atoms. The molecule has 0 atom stereocenters. The Morgan fingerprint density at radius 3 is 2.69 bits per heavy atom. The third-order valence-corrected chi connectivity index (χ3v) is 1.79. The molecule has 5 heteroatoms. The standard InChI is InChI=1S/C8H10NO4/c10-6-3-4-7(11)9(6)5-1-2-8(12)13/h3H,1-2,4-5H2,(H,12,13). The smallest absolute Gasteiger partial charge is 0.303 e. The minimum Gasteiger partial charge on any atom is -0.481 e. The lowest BCUT2D eigenvalue weighted by Gasteiger charge is -2.11. The molecule has 1 aliphatic rings. The molecule has 1 rings (SSSR count). The van der Waals surface area contributed by atoms with E-state index < -0.39 is 5.97 Å². The lowest BCUT2D eigenvalue weighted by atomic mass is 10.3. The van der Waals surface area contributed by atoms with Gasteiger partial charge < -0.3 is 5.11 Å². The normalized spacial score (nSPS) is 16.8. The minimum atomic E-state index is -0.914. The van der Waals surface area contributed by atoms with E-state index in [0.29, 0.717) is 6.42 Å². The van der Waals surface area contributed by atoms with Gasteiger partial charge in [0, 0.05) is 19.4 Å². The fourth-order valence-corrected chi connectivity index (χ4v) is 1.14. The molecule has 1 aliphatic heterocycles. The number of hydrogen-bond donors (Lipinski definition) is 1. The average molecular weight is 184 g/mol. The van der Waals surface area contributed by atoms with Gasteiger partial charge in [0.1, 0.15) is 0 Å². The lowest BCUT2D eigenvalue weighted by Crippen LogP contribution is -2.30. The van der Waals surface area contributed by atoms with E-state index >= 15 is 0 Å². The van der Waals surface area contributed by atoms with E-state index in [0.717, 1.165) is 4.90 Å². The van der Waals surface area contributed by atoms with E-state index in [1.165, 1.54) is 6.42 Å². The zero-order valence-electron chi connectivity index (χ0n) is 7.02. The summed E-state index contributed by atoms with van der Waals surface area (Å²) in [6.07, 6.45) is 1.76. The summed E-state index contributed by atoms with van der Waals surface area (Å²) in [5.74, 6) is -1.46. The molecule has 1 heterocycles. The van der Waals surface area contributed by atoms with Crippen LogP contribution < -0.4 is 0 Å². The number of carboxylic acids is 1. The molecule has 1 saturated heterocycles. The molecule has 0 aromatic rings. The fourth-order valence-electron chi connectivity index (χ4n) is 1.14. The molecule has 0 unspecified atom stereocenters. The molecule has 0 aliphatic carbocycles. The Kier molecular flexibility index (Phi) is 3.00. The first-order chi connectivity index (χ1) is 6.11. The van der Waals surface area contributed by atoms with Gasteiger partial charge in [0.15, 0.2) is 0 Å². The topological polar surface area (TPSA) is 74.7 Å². The first-order valence-corrected chi connectivity index (χ1v) is 4.00. The van der Waals surface area contributed by atoms with E-state index in [9.17, 15) is 14.4 Å². The van der Waals surface area contributed by atoms with Crippen LogP contribution >= 0.6 is 0 Å². The van der Waals surface area contributed by atoms with E-state index in [1.807, 2.05) is 0 Å². The zero-order valence-corrected chi connectivity index (χ0v) is 7.02. The van der Waals surface area contributed by atoms with Gasteiger partial charge in [-0.2, -0.15) is 0 Å². The molecule has 2 amide bonds. The molecule has 1 fully saturated rings. The summed E-state index contributed by atoms with van der Waals surface area (Å²) in [6, 6.07) is 0. The predicted molar refractivity (Wildman–Crippen MR) is 42.5 cm³/mol. The van der Waals surface area contributed by atoms with Crippen LogP contribution in [0.1, 0.15) is 19.3 Å². The summed E-state index contributed by atoms with van der Waals surface area (Å²) in [4.78, 5) is 33.2. The van der Waals surface area contributed by atoms with Crippen molar-refractivity contribution in [2.75, 3.05) is 6.54 Å². The first-order valence-electron chi connectivity index (χ1n) is 4.00. The number of hydrogen-bond acceptors (Lipinski definition) is 3. The highest BCUT2D eigenvalue weighted by molar-refractivity contribution is 6.07. The van der Waals surface area contributed by atoms with Crippen LogP contribution in [0.15, 0.2) is 0 Å². The zero-order chi connectivity index (χ0) is 9.84. The quantitative estimate of drug-likeness (QED) is 0.615. The molecule has 1 N–H and O–H groups in total. The molecular weight excluding hydrogens is 174 g/mol. The third kappa shape index (κ3) is 2.54. The van der Waals surface area contributed by atoms with Gasteiger partial charge in [0.25, 0.3) is 0 Å². The molecule has 0 saturated carbocycles. The molecule has 0 aromatic heterocycles. The Hall–Kier alpha value is -1.39. The van der Waals surface area contributed by atoms with Crippen molar-refractivity contribution in [2.24, 2.45) is 0 Å². The Morgan fingerprint density at radius 2 is 2.23 bits per heavy atom. The molecule has 71 valence electrons. The maximum absolute atomic E-state index is 11.0. The van der Waals surface area contributed by atoms with Crippen LogP contribution in [-0.2, 0) is 14.4 Å². The minimum absolute atomic E-state index is 0.0168. The highest BCUT2D eigenvalue weighted by Gasteiger charge is 2.28. The Balaban J connectivity index is 2.31. The molecule has 0 bridgehead atoms. The van der Waals surface area contributed by atoms with Crippen molar-refractivity contribution < 1.29 is 19.5 Å². The number of amides is 2. The van der Waals surface area contributed by atoms with Gasteiger partial charge >= 0.3 is 5.97 Å². The molecule has 0 aromatic carbocycles. The van der Waals surface area contributed by atoms with E-state index in [4.69, 9.17) is 5.11 Å². The number of carbonyl (C=O) groups excluding carboxylic acids is 2. The Morgan fingerprint density at radius 1 is 1.54 bits per heavy atom.